The highest BCUT2D eigenvalue weighted by Crippen LogP contribution is 2.24. The summed E-state index contributed by atoms with van der Waals surface area (Å²) in [5.74, 6) is -4.73. The summed E-state index contributed by atoms with van der Waals surface area (Å²) in [7, 11) is -1.69. The van der Waals surface area contributed by atoms with Crippen LogP contribution in [0.5, 0.6) is 0 Å². The van der Waals surface area contributed by atoms with E-state index in [4.69, 9.17) is 11.5 Å². The van der Waals surface area contributed by atoms with E-state index in [0.29, 0.717) is 57.2 Å². The van der Waals surface area contributed by atoms with Crippen molar-refractivity contribution in [2.45, 2.75) is 129 Å². The van der Waals surface area contributed by atoms with Crippen LogP contribution in [-0.4, -0.2) is 82.7 Å². The molecule has 0 aliphatic heterocycles. The van der Waals surface area contributed by atoms with E-state index in [1.54, 1.807) is 12.1 Å². The second kappa shape index (κ2) is 24.6. The molecule has 0 aliphatic carbocycles. The van der Waals surface area contributed by atoms with Crippen LogP contribution < -0.4 is 22.1 Å². The first-order valence-corrected chi connectivity index (χ1v) is 19.5. The van der Waals surface area contributed by atoms with Gasteiger partial charge in [-0.2, -0.15) is 0 Å². The Morgan fingerprint density at radius 3 is 1.81 bits per heavy atom. The Morgan fingerprint density at radius 2 is 1.28 bits per heavy atom. The highest BCUT2D eigenvalue weighted by molar-refractivity contribution is 6.43. The zero-order valence-corrected chi connectivity index (χ0v) is 32.6. The summed E-state index contributed by atoms with van der Waals surface area (Å²) in [6.07, 6.45) is 4.47. The second-order valence-corrected chi connectivity index (χ2v) is 14.7. The fourth-order valence-corrected chi connectivity index (χ4v) is 6.24. The Morgan fingerprint density at radius 1 is 0.704 bits per heavy atom. The van der Waals surface area contributed by atoms with Crippen LogP contribution >= 0.6 is 0 Å². The highest BCUT2D eigenvalue weighted by Gasteiger charge is 2.33. The average Bonchev–Trinajstić information content (AvgIpc) is 3.15. The Bertz CT molecular complexity index is 1470. The largest absolute Gasteiger partial charge is 0.454 e. The number of ketones is 3. The van der Waals surface area contributed by atoms with Crippen molar-refractivity contribution in [1.82, 2.24) is 10.6 Å². The number of nitrogens with one attached hydrogen (secondary N) is 2. The van der Waals surface area contributed by atoms with Crippen LogP contribution in [-0.2, 0) is 25.6 Å². The highest BCUT2D eigenvalue weighted by atomic mass is 16.4. The monoisotopic (exact) mass is 750 g/mol. The second-order valence-electron chi connectivity index (χ2n) is 14.7. The zero-order chi connectivity index (χ0) is 40.2. The van der Waals surface area contributed by atoms with Gasteiger partial charge in [0.25, 0.3) is 0 Å². The third-order valence-electron chi connectivity index (χ3n) is 9.89. The number of hydrogen-bond donors (Lipinski definition) is 7. The number of aliphatic hydroxyl groups is 1. The Balaban J connectivity index is 2.11. The number of hydrogen-bond acceptors (Lipinski definition) is 10. The molecule has 1 unspecified atom stereocenters. The number of carbonyl (C=O) groups excluding carboxylic acids is 5. The minimum atomic E-state index is -1.69. The molecule has 2 amide bonds. The maximum atomic E-state index is 13.6. The minimum absolute atomic E-state index is 0.104. The lowest BCUT2D eigenvalue weighted by Gasteiger charge is -2.25. The molecule has 13 heteroatoms. The van der Waals surface area contributed by atoms with Gasteiger partial charge >= 0.3 is 7.12 Å². The van der Waals surface area contributed by atoms with Gasteiger partial charge in [-0.1, -0.05) is 82.1 Å². The molecular formula is C41H63BN4O8. The molecule has 0 aliphatic rings. The lowest BCUT2D eigenvalue weighted by Crippen LogP contribution is -2.51. The fraction of sp³-hybridized carbons (Fsp3) is 0.585. The summed E-state index contributed by atoms with van der Waals surface area (Å²) in [4.78, 5) is 66.7. The van der Waals surface area contributed by atoms with Gasteiger partial charge in [0.05, 0.1) is 12.1 Å². The molecule has 2 aromatic carbocycles. The first kappa shape index (κ1) is 46.4. The third-order valence-corrected chi connectivity index (χ3v) is 9.89. The maximum Gasteiger partial charge on any atom is 0.454 e. The molecule has 0 saturated carbocycles. The molecule has 0 spiro atoms. The van der Waals surface area contributed by atoms with E-state index in [1.807, 2.05) is 12.1 Å². The smallest absolute Gasteiger partial charge is 0.427 e. The Labute approximate surface area is 321 Å². The van der Waals surface area contributed by atoms with Crippen molar-refractivity contribution in [2.24, 2.45) is 23.3 Å². The van der Waals surface area contributed by atoms with Crippen molar-refractivity contribution in [3.63, 3.8) is 0 Å². The van der Waals surface area contributed by atoms with Crippen LogP contribution in [0.25, 0.3) is 11.1 Å². The van der Waals surface area contributed by atoms with E-state index in [9.17, 15) is 39.1 Å². The van der Waals surface area contributed by atoms with Crippen molar-refractivity contribution in [3.05, 3.63) is 59.7 Å². The van der Waals surface area contributed by atoms with E-state index in [0.717, 1.165) is 30.4 Å². The number of aliphatic hydroxyl groups excluding tert-OH is 1. The van der Waals surface area contributed by atoms with Crippen LogP contribution in [0.15, 0.2) is 48.5 Å². The van der Waals surface area contributed by atoms with Crippen molar-refractivity contribution in [2.75, 3.05) is 13.1 Å². The lowest BCUT2D eigenvalue weighted by atomic mass is 9.71. The summed E-state index contributed by atoms with van der Waals surface area (Å²) < 4.78 is 0. The number of rotatable bonds is 27. The predicted octanol–water partition coefficient (Wildman–Crippen LogP) is 3.91. The Hall–Kier alpha value is -3.75. The van der Waals surface area contributed by atoms with Gasteiger partial charge in [-0.05, 0) is 87.5 Å². The number of nitrogens with two attached hydrogens (primary N) is 2. The molecule has 0 fully saturated rings. The van der Waals surface area contributed by atoms with Crippen LogP contribution in [0.3, 0.4) is 0 Å². The lowest BCUT2D eigenvalue weighted by molar-refractivity contribution is -0.135. The van der Waals surface area contributed by atoms with Crippen LogP contribution in [0.1, 0.15) is 114 Å². The predicted molar refractivity (Wildman–Crippen MR) is 212 cm³/mol. The number of carbonyl (C=O) groups is 5. The molecule has 2 rings (SSSR count). The molecule has 0 saturated heterocycles. The Kier molecular flexibility index (Phi) is 21.2. The molecule has 298 valence electrons. The molecule has 54 heavy (non-hydrogen) atoms. The number of Topliss-reactive ketones (excluding diaryl/α,β-unsaturated/α-hetero) is 3. The van der Waals surface area contributed by atoms with Gasteiger partial charge in [0.15, 0.2) is 17.3 Å². The van der Waals surface area contributed by atoms with Crippen molar-refractivity contribution in [1.29, 1.82) is 0 Å². The van der Waals surface area contributed by atoms with Crippen molar-refractivity contribution >= 4 is 36.3 Å². The van der Waals surface area contributed by atoms with Crippen molar-refractivity contribution in [3.8, 4) is 11.1 Å². The molecule has 2 aromatic rings. The van der Waals surface area contributed by atoms with Gasteiger partial charge < -0.3 is 37.3 Å². The maximum absolute atomic E-state index is 13.6. The van der Waals surface area contributed by atoms with E-state index >= 15 is 0 Å². The number of unbranched alkanes of at least 4 members (excludes halogenated alkanes) is 3. The van der Waals surface area contributed by atoms with Gasteiger partial charge in [-0.25, -0.2) is 0 Å². The van der Waals surface area contributed by atoms with E-state index < -0.39 is 60.6 Å². The van der Waals surface area contributed by atoms with E-state index in [1.165, 1.54) is 26.3 Å². The SMILES string of the molecule is CCCCc1ccc(-c2ccc(C(=O)C[C@@H](CCCCN)C(=O)N[C@H](C(=O)C[C@@H](C)C(=O)N[C@@H](CCCCN)C(=O)C[C@@H](C)B(O)O)C(C)O)cc2)cc1. The van der Waals surface area contributed by atoms with Gasteiger partial charge in [0, 0.05) is 36.7 Å². The standard InChI is InChI=1S/C41H63BN4O8/c1-5-6-11-30-14-16-31(17-15-30)32-18-20-33(21-19-32)36(48)26-34(12-7-9-22-43)41(52)46-39(29(4)47)38(50)24-27(2)40(51)45-35(13-8-10-23-44)37(49)25-28(3)42(53)54/h14-21,27-29,34-35,39,47,53-54H,5-13,22-26,43-44H2,1-4H3,(H,45,51)(H,46,52)/t27-,28-,29?,34-,35+,39+/m1/s1. The van der Waals surface area contributed by atoms with Gasteiger partial charge in [0.2, 0.25) is 11.8 Å². The zero-order valence-electron chi connectivity index (χ0n) is 32.6. The van der Waals surface area contributed by atoms with E-state index in [-0.39, 0.29) is 30.8 Å². The van der Waals surface area contributed by atoms with Crippen LogP contribution in [0.4, 0.5) is 0 Å². The van der Waals surface area contributed by atoms with Crippen LogP contribution in [0, 0.1) is 11.8 Å². The first-order chi connectivity index (χ1) is 25.7. The molecule has 0 bridgehead atoms. The quantitative estimate of drug-likeness (QED) is 0.0396. The first-order valence-electron chi connectivity index (χ1n) is 19.5. The molecule has 0 heterocycles. The molecule has 6 atom stereocenters. The van der Waals surface area contributed by atoms with Gasteiger partial charge in [-0.3, -0.25) is 24.0 Å². The topological polar surface area (TPSA) is 222 Å². The number of amides is 2. The summed E-state index contributed by atoms with van der Waals surface area (Å²) in [6.45, 7) is 7.38. The molecule has 12 nitrogen and oxygen atoms in total. The van der Waals surface area contributed by atoms with E-state index in [2.05, 4.69) is 41.8 Å². The normalized spacial score (nSPS) is 14.6. The number of aryl methyl sites for hydroxylation is 1. The minimum Gasteiger partial charge on any atom is -0.427 e. The van der Waals surface area contributed by atoms with Crippen molar-refractivity contribution < 1.29 is 39.1 Å². The average molecular weight is 751 g/mol. The fourth-order valence-electron chi connectivity index (χ4n) is 6.24. The van der Waals surface area contributed by atoms with Gasteiger partial charge in [-0.15, -0.1) is 0 Å². The summed E-state index contributed by atoms with van der Waals surface area (Å²) >= 11 is 0. The third kappa shape index (κ3) is 15.9. The van der Waals surface area contributed by atoms with Crippen LogP contribution in [0.2, 0.25) is 5.82 Å². The molecular weight excluding hydrogens is 687 g/mol. The molecule has 9 N–H and O–H groups in total. The molecule has 0 aromatic heterocycles. The van der Waals surface area contributed by atoms with Gasteiger partial charge in [0.1, 0.15) is 6.04 Å². The number of benzene rings is 2. The summed E-state index contributed by atoms with van der Waals surface area (Å²) in [5.41, 5.74) is 15.0. The summed E-state index contributed by atoms with van der Waals surface area (Å²) in [5, 5.41) is 34.8. The molecule has 0 radical (unpaired) electrons. The summed E-state index contributed by atoms with van der Waals surface area (Å²) in [6, 6.07) is 13.4.